The summed E-state index contributed by atoms with van der Waals surface area (Å²) in [7, 11) is -3.64. The summed E-state index contributed by atoms with van der Waals surface area (Å²) in [5.74, 6) is 0.160. The van der Waals surface area contributed by atoms with Gasteiger partial charge >= 0.3 is 0 Å². The predicted octanol–water partition coefficient (Wildman–Crippen LogP) is 3.55. The maximum atomic E-state index is 12.2. The number of benzene rings is 1. The molecule has 0 aliphatic carbocycles. The molecule has 1 aromatic heterocycles. The molecule has 118 valence electrons. The maximum Gasteiger partial charge on any atom is 0.242 e. The molecule has 0 bridgehead atoms. The third-order valence-electron chi connectivity index (χ3n) is 3.13. The molecule has 1 N–H and O–H groups in total. The molecule has 2 rings (SSSR count). The van der Waals surface area contributed by atoms with Crippen LogP contribution < -0.4 is 4.72 Å². The fourth-order valence-corrected chi connectivity index (χ4v) is 3.44. The second-order valence-electron chi connectivity index (χ2n) is 5.09. The highest BCUT2D eigenvalue weighted by molar-refractivity contribution is 7.89. The molecule has 1 unspecified atom stereocenters. The van der Waals surface area contributed by atoms with Gasteiger partial charge in [0, 0.05) is 12.7 Å². The highest BCUT2D eigenvalue weighted by Gasteiger charge is 2.17. The van der Waals surface area contributed by atoms with E-state index in [2.05, 4.69) is 9.71 Å². The van der Waals surface area contributed by atoms with E-state index >= 15 is 0 Å². The zero-order chi connectivity index (χ0) is 16.2. The summed E-state index contributed by atoms with van der Waals surface area (Å²) in [6.45, 7) is 2.32. The lowest BCUT2D eigenvalue weighted by atomic mass is 10.0. The monoisotopic (exact) mass is 358 g/mol. The zero-order valence-electron chi connectivity index (χ0n) is 12.0. The smallest absolute Gasteiger partial charge is 0.242 e. The van der Waals surface area contributed by atoms with Crippen molar-refractivity contribution in [2.75, 3.05) is 6.54 Å². The molecule has 1 aromatic carbocycles. The van der Waals surface area contributed by atoms with Gasteiger partial charge in [0.2, 0.25) is 10.0 Å². The van der Waals surface area contributed by atoms with Gasteiger partial charge in [0.1, 0.15) is 10.0 Å². The van der Waals surface area contributed by atoms with Crippen molar-refractivity contribution in [3.05, 3.63) is 58.3 Å². The van der Waals surface area contributed by atoms with Gasteiger partial charge < -0.3 is 0 Å². The number of rotatable bonds is 6. The Kier molecular flexibility index (Phi) is 5.81. The van der Waals surface area contributed by atoms with E-state index in [0.717, 1.165) is 6.42 Å². The van der Waals surface area contributed by atoms with Crippen LogP contribution in [0.1, 0.15) is 12.5 Å². The molecule has 0 aliphatic rings. The van der Waals surface area contributed by atoms with Gasteiger partial charge in [-0.05, 0) is 24.0 Å². The van der Waals surface area contributed by atoms with E-state index < -0.39 is 10.0 Å². The molecule has 0 spiro atoms. The van der Waals surface area contributed by atoms with Crippen molar-refractivity contribution < 1.29 is 8.42 Å². The zero-order valence-corrected chi connectivity index (χ0v) is 14.3. The molecule has 0 saturated carbocycles. The summed E-state index contributed by atoms with van der Waals surface area (Å²) >= 11 is 11.5. The number of sulfonamides is 1. The summed E-state index contributed by atoms with van der Waals surface area (Å²) in [5.41, 5.74) is 1.17. The minimum Gasteiger partial charge on any atom is -0.242 e. The minimum absolute atomic E-state index is 0.00816. The first-order chi connectivity index (χ1) is 10.4. The molecule has 0 saturated heterocycles. The van der Waals surface area contributed by atoms with Crippen LogP contribution in [-0.4, -0.2) is 19.9 Å². The number of aromatic nitrogens is 1. The first kappa shape index (κ1) is 17.2. The second-order valence-corrected chi connectivity index (χ2v) is 7.62. The van der Waals surface area contributed by atoms with Gasteiger partial charge in [-0.3, -0.25) is 0 Å². The van der Waals surface area contributed by atoms with Gasteiger partial charge in [-0.2, -0.15) is 0 Å². The Morgan fingerprint density at radius 1 is 1.23 bits per heavy atom. The Balaban J connectivity index is 1.98. The topological polar surface area (TPSA) is 59.1 Å². The third kappa shape index (κ3) is 4.68. The Morgan fingerprint density at radius 2 is 1.91 bits per heavy atom. The summed E-state index contributed by atoms with van der Waals surface area (Å²) < 4.78 is 27.0. The molecule has 1 heterocycles. The Morgan fingerprint density at radius 3 is 2.55 bits per heavy atom. The molecule has 7 heteroatoms. The SMILES string of the molecule is CC(CNS(=O)(=O)c1cnc(Cl)c(Cl)c1)Cc1ccccc1. The Labute approximate surface area is 140 Å². The fourth-order valence-electron chi connectivity index (χ4n) is 1.97. The summed E-state index contributed by atoms with van der Waals surface area (Å²) in [4.78, 5) is 3.76. The van der Waals surface area contributed by atoms with Crippen LogP contribution in [0.4, 0.5) is 0 Å². The van der Waals surface area contributed by atoms with Gasteiger partial charge in [0.05, 0.1) is 5.02 Å². The maximum absolute atomic E-state index is 12.2. The van der Waals surface area contributed by atoms with E-state index in [-0.39, 0.29) is 21.0 Å². The van der Waals surface area contributed by atoms with Crippen molar-refractivity contribution in [1.29, 1.82) is 0 Å². The van der Waals surface area contributed by atoms with Crippen LogP contribution in [0.5, 0.6) is 0 Å². The summed E-state index contributed by atoms with van der Waals surface area (Å²) in [6.07, 6.45) is 1.99. The number of hydrogen-bond donors (Lipinski definition) is 1. The molecule has 22 heavy (non-hydrogen) atoms. The van der Waals surface area contributed by atoms with Crippen molar-refractivity contribution in [2.24, 2.45) is 5.92 Å². The van der Waals surface area contributed by atoms with Crippen LogP contribution in [0.3, 0.4) is 0 Å². The van der Waals surface area contributed by atoms with Crippen LogP contribution >= 0.6 is 23.2 Å². The van der Waals surface area contributed by atoms with E-state index in [1.807, 2.05) is 37.3 Å². The van der Waals surface area contributed by atoms with Gasteiger partial charge in [-0.15, -0.1) is 0 Å². The third-order valence-corrected chi connectivity index (χ3v) is 5.21. The largest absolute Gasteiger partial charge is 0.242 e. The lowest BCUT2D eigenvalue weighted by Gasteiger charge is -2.13. The van der Waals surface area contributed by atoms with E-state index in [9.17, 15) is 8.42 Å². The molecular formula is C15H16Cl2N2O2S. The molecular weight excluding hydrogens is 343 g/mol. The van der Waals surface area contributed by atoms with Crippen molar-refractivity contribution in [2.45, 2.75) is 18.2 Å². The van der Waals surface area contributed by atoms with Gasteiger partial charge in [0.25, 0.3) is 0 Å². The normalized spacial score (nSPS) is 13.0. The van der Waals surface area contributed by atoms with Crippen molar-refractivity contribution >= 4 is 33.2 Å². The number of halogens is 2. The van der Waals surface area contributed by atoms with Crippen LogP contribution in [0.2, 0.25) is 10.2 Å². The van der Waals surface area contributed by atoms with Crippen molar-refractivity contribution in [1.82, 2.24) is 9.71 Å². The van der Waals surface area contributed by atoms with Crippen LogP contribution in [0.15, 0.2) is 47.5 Å². The van der Waals surface area contributed by atoms with Crippen molar-refractivity contribution in [3.63, 3.8) is 0 Å². The first-order valence-electron chi connectivity index (χ1n) is 6.73. The standard InChI is InChI=1S/C15H16Cl2N2O2S/c1-11(7-12-5-3-2-4-6-12)9-19-22(20,21)13-8-14(16)15(17)18-10-13/h2-6,8,10-11,19H,7,9H2,1H3. The highest BCUT2D eigenvalue weighted by Crippen LogP contribution is 2.22. The predicted molar refractivity (Wildman–Crippen MR) is 88.8 cm³/mol. The summed E-state index contributed by atoms with van der Waals surface area (Å²) in [5, 5.41) is 0.194. The Bertz CT molecular complexity index is 736. The highest BCUT2D eigenvalue weighted by atomic mass is 35.5. The minimum atomic E-state index is -3.64. The lowest BCUT2D eigenvalue weighted by molar-refractivity contribution is 0.537. The van der Waals surface area contributed by atoms with E-state index in [0.29, 0.717) is 6.54 Å². The average molecular weight is 359 g/mol. The molecule has 2 aromatic rings. The molecule has 0 aliphatic heterocycles. The van der Waals surface area contributed by atoms with Gasteiger partial charge in [0.15, 0.2) is 0 Å². The van der Waals surface area contributed by atoms with E-state index in [4.69, 9.17) is 23.2 Å². The summed E-state index contributed by atoms with van der Waals surface area (Å²) in [6, 6.07) is 11.2. The lowest BCUT2D eigenvalue weighted by Crippen LogP contribution is -2.29. The molecule has 4 nitrogen and oxygen atoms in total. The van der Waals surface area contributed by atoms with E-state index in [1.54, 1.807) is 0 Å². The fraction of sp³-hybridized carbons (Fsp3) is 0.267. The van der Waals surface area contributed by atoms with E-state index in [1.165, 1.54) is 17.8 Å². The van der Waals surface area contributed by atoms with Crippen LogP contribution in [-0.2, 0) is 16.4 Å². The number of nitrogens with one attached hydrogen (secondary N) is 1. The van der Waals surface area contributed by atoms with Crippen LogP contribution in [0.25, 0.3) is 0 Å². The Hall–Kier alpha value is -1.14. The first-order valence-corrected chi connectivity index (χ1v) is 8.97. The molecule has 0 fully saturated rings. The average Bonchev–Trinajstić information content (AvgIpc) is 2.49. The molecule has 0 radical (unpaired) electrons. The van der Waals surface area contributed by atoms with Gasteiger partial charge in [-0.25, -0.2) is 18.1 Å². The quantitative estimate of drug-likeness (QED) is 0.803. The molecule has 1 atom stereocenters. The number of nitrogens with zero attached hydrogens (tertiary/aromatic N) is 1. The number of pyridine rings is 1. The van der Waals surface area contributed by atoms with Gasteiger partial charge in [-0.1, -0.05) is 60.5 Å². The van der Waals surface area contributed by atoms with Crippen molar-refractivity contribution in [3.8, 4) is 0 Å². The number of hydrogen-bond acceptors (Lipinski definition) is 3. The second kappa shape index (κ2) is 7.42. The van der Waals surface area contributed by atoms with Crippen LogP contribution in [0, 0.1) is 5.92 Å². The molecule has 0 amide bonds.